The Morgan fingerprint density at radius 1 is 1.20 bits per heavy atom. The van der Waals surface area contributed by atoms with E-state index in [1.807, 2.05) is 10.9 Å². The topological polar surface area (TPSA) is 80.8 Å². The third-order valence-corrected chi connectivity index (χ3v) is 3.88. The van der Waals surface area contributed by atoms with E-state index in [2.05, 4.69) is 20.9 Å². The Hall–Kier alpha value is -0.980. The highest BCUT2D eigenvalue weighted by Gasteiger charge is 2.11. The van der Waals surface area contributed by atoms with Gasteiger partial charge < -0.3 is 16.4 Å². The molecule has 0 saturated heterocycles. The molecule has 0 spiro atoms. The Morgan fingerprint density at radius 2 is 2.05 bits per heavy atom. The van der Waals surface area contributed by atoms with Crippen molar-refractivity contribution in [2.24, 2.45) is 5.73 Å². The Morgan fingerprint density at radius 3 is 2.80 bits per heavy atom. The third-order valence-electron chi connectivity index (χ3n) is 3.88. The number of nitrogens with one attached hydrogen (secondary N) is 2. The van der Waals surface area contributed by atoms with Crippen LogP contribution in [0.4, 0.5) is 0 Å². The molecule has 1 heterocycles. The fraction of sp³-hybridized carbons (Fsp3) is 0.857. The lowest BCUT2D eigenvalue weighted by atomic mass is 9.95. The van der Waals surface area contributed by atoms with Crippen molar-refractivity contribution in [3.05, 3.63) is 11.9 Å². The van der Waals surface area contributed by atoms with Gasteiger partial charge in [-0.05, 0) is 32.4 Å². The van der Waals surface area contributed by atoms with Gasteiger partial charge >= 0.3 is 0 Å². The van der Waals surface area contributed by atoms with Crippen molar-refractivity contribution in [1.82, 2.24) is 25.6 Å². The van der Waals surface area contributed by atoms with Gasteiger partial charge in [0, 0.05) is 25.3 Å². The normalized spacial score (nSPS) is 16.6. The highest BCUT2D eigenvalue weighted by atomic mass is 15.4. The molecule has 1 aromatic rings. The standard InChI is InChI=1S/C14H28N6/c15-11-14-12-20(19-18-14)10-9-16-7-4-8-17-13-5-2-1-3-6-13/h12-13,16-17H,1-11,15H2. The van der Waals surface area contributed by atoms with Crippen LogP contribution < -0.4 is 16.4 Å². The minimum atomic E-state index is 0.459. The molecule has 1 fully saturated rings. The van der Waals surface area contributed by atoms with Crippen LogP contribution >= 0.6 is 0 Å². The average Bonchev–Trinajstić information content (AvgIpc) is 2.95. The van der Waals surface area contributed by atoms with E-state index in [4.69, 9.17) is 5.73 Å². The van der Waals surface area contributed by atoms with E-state index in [0.29, 0.717) is 6.54 Å². The molecule has 1 aliphatic carbocycles. The van der Waals surface area contributed by atoms with Crippen LogP contribution in [0, 0.1) is 0 Å². The molecule has 1 aliphatic rings. The predicted molar refractivity (Wildman–Crippen MR) is 80.3 cm³/mol. The Bertz CT molecular complexity index is 358. The molecule has 20 heavy (non-hydrogen) atoms. The average molecular weight is 280 g/mol. The van der Waals surface area contributed by atoms with Crippen molar-refractivity contribution < 1.29 is 0 Å². The first-order chi connectivity index (χ1) is 9.88. The van der Waals surface area contributed by atoms with Gasteiger partial charge in [-0.1, -0.05) is 24.5 Å². The summed E-state index contributed by atoms with van der Waals surface area (Å²) in [4.78, 5) is 0. The molecule has 0 amide bonds. The Kier molecular flexibility index (Phi) is 6.97. The molecule has 1 aromatic heterocycles. The lowest BCUT2D eigenvalue weighted by molar-refractivity contribution is 0.370. The van der Waals surface area contributed by atoms with E-state index in [0.717, 1.165) is 37.9 Å². The number of nitrogens with zero attached hydrogens (tertiary/aromatic N) is 3. The van der Waals surface area contributed by atoms with E-state index in [9.17, 15) is 0 Å². The second-order valence-electron chi connectivity index (χ2n) is 5.57. The Labute approximate surface area is 121 Å². The summed E-state index contributed by atoms with van der Waals surface area (Å²) in [7, 11) is 0. The van der Waals surface area contributed by atoms with E-state index in [1.165, 1.54) is 38.5 Å². The second-order valence-corrected chi connectivity index (χ2v) is 5.57. The smallest absolute Gasteiger partial charge is 0.0962 e. The van der Waals surface area contributed by atoms with Crippen LogP contribution in [0.5, 0.6) is 0 Å². The van der Waals surface area contributed by atoms with E-state index in [1.54, 1.807) is 0 Å². The van der Waals surface area contributed by atoms with Crippen LogP contribution in [0.15, 0.2) is 6.20 Å². The van der Waals surface area contributed by atoms with Gasteiger partial charge in [0.05, 0.1) is 12.2 Å². The number of nitrogens with two attached hydrogens (primary N) is 1. The maximum Gasteiger partial charge on any atom is 0.0962 e. The molecule has 2 rings (SSSR count). The minimum Gasteiger partial charge on any atom is -0.325 e. The van der Waals surface area contributed by atoms with Gasteiger partial charge in [-0.3, -0.25) is 4.68 Å². The summed E-state index contributed by atoms with van der Waals surface area (Å²) in [5.41, 5.74) is 6.34. The largest absolute Gasteiger partial charge is 0.325 e. The first kappa shape index (κ1) is 15.4. The van der Waals surface area contributed by atoms with Gasteiger partial charge in [0.2, 0.25) is 0 Å². The molecule has 4 N–H and O–H groups in total. The van der Waals surface area contributed by atoms with Crippen molar-refractivity contribution in [2.75, 3.05) is 19.6 Å². The van der Waals surface area contributed by atoms with Crippen LogP contribution in [-0.2, 0) is 13.1 Å². The van der Waals surface area contributed by atoms with Gasteiger partial charge in [0.25, 0.3) is 0 Å². The van der Waals surface area contributed by atoms with E-state index < -0.39 is 0 Å². The zero-order chi connectivity index (χ0) is 14.0. The summed E-state index contributed by atoms with van der Waals surface area (Å²) >= 11 is 0. The maximum atomic E-state index is 5.50. The number of rotatable bonds is 9. The zero-order valence-corrected chi connectivity index (χ0v) is 12.4. The molecule has 0 unspecified atom stereocenters. The molecular weight excluding hydrogens is 252 g/mol. The molecule has 0 aliphatic heterocycles. The number of hydrogen-bond donors (Lipinski definition) is 3. The minimum absolute atomic E-state index is 0.459. The summed E-state index contributed by atoms with van der Waals surface area (Å²) in [5, 5.41) is 15.1. The molecule has 0 bridgehead atoms. The molecule has 1 saturated carbocycles. The lowest BCUT2D eigenvalue weighted by Crippen LogP contribution is -2.33. The predicted octanol–water partition coefficient (Wildman–Crippen LogP) is 0.639. The number of hydrogen-bond acceptors (Lipinski definition) is 5. The zero-order valence-electron chi connectivity index (χ0n) is 12.4. The monoisotopic (exact) mass is 280 g/mol. The van der Waals surface area contributed by atoms with E-state index >= 15 is 0 Å². The highest BCUT2D eigenvalue weighted by Crippen LogP contribution is 2.16. The van der Waals surface area contributed by atoms with Gasteiger partial charge in [0.1, 0.15) is 0 Å². The molecule has 6 heteroatoms. The SMILES string of the molecule is NCc1cn(CCNCCCNC2CCCCC2)nn1. The maximum absolute atomic E-state index is 5.50. The van der Waals surface area contributed by atoms with Crippen molar-refractivity contribution in [3.63, 3.8) is 0 Å². The summed E-state index contributed by atoms with van der Waals surface area (Å²) in [6.45, 7) is 4.41. The molecule has 6 nitrogen and oxygen atoms in total. The van der Waals surface area contributed by atoms with Crippen LogP contribution in [0.2, 0.25) is 0 Å². The van der Waals surface area contributed by atoms with Crippen molar-refractivity contribution >= 4 is 0 Å². The Balaban J connectivity index is 1.43. The fourth-order valence-corrected chi connectivity index (χ4v) is 2.69. The molecule has 0 radical (unpaired) electrons. The lowest BCUT2D eigenvalue weighted by Gasteiger charge is -2.22. The van der Waals surface area contributed by atoms with E-state index in [-0.39, 0.29) is 0 Å². The van der Waals surface area contributed by atoms with Crippen LogP contribution in [0.1, 0.15) is 44.2 Å². The summed E-state index contributed by atoms with van der Waals surface area (Å²) in [5.74, 6) is 0. The molecule has 0 atom stereocenters. The van der Waals surface area contributed by atoms with Crippen LogP contribution in [0.3, 0.4) is 0 Å². The number of aromatic nitrogens is 3. The highest BCUT2D eigenvalue weighted by molar-refractivity contribution is 4.90. The molecule has 0 aromatic carbocycles. The van der Waals surface area contributed by atoms with Crippen molar-refractivity contribution in [1.29, 1.82) is 0 Å². The van der Waals surface area contributed by atoms with Gasteiger partial charge in [-0.2, -0.15) is 0 Å². The summed E-state index contributed by atoms with van der Waals surface area (Å²) in [6.07, 6.45) is 10.0. The van der Waals surface area contributed by atoms with Gasteiger partial charge in [-0.15, -0.1) is 5.10 Å². The van der Waals surface area contributed by atoms with Crippen LogP contribution in [-0.4, -0.2) is 40.7 Å². The fourth-order valence-electron chi connectivity index (χ4n) is 2.69. The summed E-state index contributed by atoms with van der Waals surface area (Å²) in [6, 6.07) is 0.772. The molecular formula is C14H28N6. The van der Waals surface area contributed by atoms with Crippen LogP contribution in [0.25, 0.3) is 0 Å². The first-order valence-corrected chi connectivity index (χ1v) is 7.91. The first-order valence-electron chi connectivity index (χ1n) is 7.91. The van der Waals surface area contributed by atoms with Crippen molar-refractivity contribution in [3.8, 4) is 0 Å². The quantitative estimate of drug-likeness (QED) is 0.578. The van der Waals surface area contributed by atoms with Gasteiger partial charge in [-0.25, -0.2) is 0 Å². The van der Waals surface area contributed by atoms with Crippen molar-refractivity contribution in [2.45, 2.75) is 57.7 Å². The summed E-state index contributed by atoms with van der Waals surface area (Å²) < 4.78 is 1.84. The third kappa shape index (κ3) is 5.56. The second kappa shape index (κ2) is 9.05. The van der Waals surface area contributed by atoms with Gasteiger partial charge in [0.15, 0.2) is 0 Å². The molecule has 114 valence electrons.